The molecule has 0 spiro atoms. The number of nitriles is 1. The van der Waals surface area contributed by atoms with Crippen LogP contribution in [-0.2, 0) is 4.74 Å². The van der Waals surface area contributed by atoms with Crippen LogP contribution in [0.25, 0.3) is 10.9 Å². The van der Waals surface area contributed by atoms with Gasteiger partial charge >= 0.3 is 0 Å². The lowest BCUT2D eigenvalue weighted by molar-refractivity contribution is 0.122. The number of pyridine rings is 1. The van der Waals surface area contributed by atoms with Gasteiger partial charge in [-0.1, -0.05) is 11.6 Å². The lowest BCUT2D eigenvalue weighted by Crippen LogP contribution is -2.36. The van der Waals surface area contributed by atoms with Crippen LogP contribution in [0.1, 0.15) is 5.56 Å². The number of rotatable bonds is 1. The van der Waals surface area contributed by atoms with Crippen LogP contribution in [-0.4, -0.2) is 31.3 Å². The summed E-state index contributed by atoms with van der Waals surface area (Å²) in [4.78, 5) is 6.79. The van der Waals surface area contributed by atoms with Gasteiger partial charge in [0.15, 0.2) is 0 Å². The third-order valence-electron chi connectivity index (χ3n) is 3.27. The summed E-state index contributed by atoms with van der Waals surface area (Å²) in [7, 11) is 0. The topological polar surface area (TPSA) is 49.2 Å². The Bertz CT molecular complexity index is 708. The number of aromatic nitrogens is 1. The highest BCUT2D eigenvalue weighted by molar-refractivity contribution is 9.10. The number of ether oxygens (including phenoxy) is 1. The second-order valence-corrected chi connectivity index (χ2v) is 5.81. The van der Waals surface area contributed by atoms with E-state index in [9.17, 15) is 5.26 Å². The van der Waals surface area contributed by atoms with Crippen molar-refractivity contribution in [3.63, 3.8) is 0 Å². The fraction of sp³-hybridized carbons (Fsp3) is 0.286. The minimum absolute atomic E-state index is 0.583. The molecule has 6 heteroatoms. The predicted octanol–water partition coefficient (Wildman–Crippen LogP) is 3.36. The maximum absolute atomic E-state index is 9.36. The predicted molar refractivity (Wildman–Crippen MR) is 82.2 cm³/mol. The van der Waals surface area contributed by atoms with E-state index in [2.05, 4.69) is 31.9 Å². The van der Waals surface area contributed by atoms with Gasteiger partial charge in [0.25, 0.3) is 0 Å². The molecule has 0 saturated carbocycles. The van der Waals surface area contributed by atoms with E-state index in [0.717, 1.165) is 34.3 Å². The van der Waals surface area contributed by atoms with Crippen LogP contribution in [0.15, 0.2) is 22.7 Å². The van der Waals surface area contributed by atoms with E-state index in [-0.39, 0.29) is 0 Å². The third kappa shape index (κ3) is 2.47. The zero-order valence-electron chi connectivity index (χ0n) is 10.6. The quantitative estimate of drug-likeness (QED) is 0.789. The van der Waals surface area contributed by atoms with Crippen molar-refractivity contribution in [1.29, 1.82) is 5.26 Å². The Balaban J connectivity index is 2.18. The van der Waals surface area contributed by atoms with Gasteiger partial charge in [-0.3, -0.25) is 0 Å². The van der Waals surface area contributed by atoms with Crippen LogP contribution < -0.4 is 4.90 Å². The Labute approximate surface area is 130 Å². The first-order chi connectivity index (χ1) is 9.69. The summed E-state index contributed by atoms with van der Waals surface area (Å²) in [6, 6.07) is 7.61. The van der Waals surface area contributed by atoms with Crippen molar-refractivity contribution in [2.45, 2.75) is 0 Å². The highest BCUT2D eigenvalue weighted by Crippen LogP contribution is 2.31. The van der Waals surface area contributed by atoms with Crippen molar-refractivity contribution >= 4 is 44.3 Å². The molecule has 0 radical (unpaired) electrons. The normalized spacial score (nSPS) is 15.3. The molecule has 1 saturated heterocycles. The van der Waals surface area contributed by atoms with Crippen molar-refractivity contribution in [2.75, 3.05) is 31.2 Å². The van der Waals surface area contributed by atoms with Crippen molar-refractivity contribution in [2.24, 2.45) is 0 Å². The first-order valence-electron chi connectivity index (χ1n) is 6.21. The molecule has 0 atom stereocenters. The van der Waals surface area contributed by atoms with Crippen LogP contribution >= 0.6 is 27.5 Å². The molecule has 0 unspecified atom stereocenters. The molecule has 1 aromatic carbocycles. The van der Waals surface area contributed by atoms with E-state index >= 15 is 0 Å². The number of hydrogen-bond donors (Lipinski definition) is 0. The number of nitrogens with zero attached hydrogens (tertiary/aromatic N) is 3. The summed E-state index contributed by atoms with van der Waals surface area (Å²) < 4.78 is 6.14. The average molecular weight is 353 g/mol. The molecule has 20 heavy (non-hydrogen) atoms. The molecule has 1 fully saturated rings. The van der Waals surface area contributed by atoms with Crippen molar-refractivity contribution in [3.8, 4) is 6.07 Å². The highest BCUT2D eigenvalue weighted by Gasteiger charge is 2.16. The minimum atomic E-state index is 0.583. The van der Waals surface area contributed by atoms with Crippen molar-refractivity contribution < 1.29 is 4.74 Å². The molecule has 3 rings (SSSR count). The minimum Gasteiger partial charge on any atom is -0.378 e. The second kappa shape index (κ2) is 5.57. The van der Waals surface area contributed by atoms with E-state index in [1.54, 1.807) is 12.1 Å². The number of hydrogen-bond acceptors (Lipinski definition) is 4. The zero-order valence-corrected chi connectivity index (χ0v) is 12.9. The van der Waals surface area contributed by atoms with Crippen molar-refractivity contribution in [1.82, 2.24) is 4.98 Å². The standard InChI is InChI=1S/C14H11BrClN3O/c15-12-7-10(16)6-11-9(8-17)5-13(18-14(11)12)19-1-3-20-4-2-19/h5-7H,1-4H2. The van der Waals surface area contributed by atoms with E-state index < -0.39 is 0 Å². The molecule has 1 aliphatic heterocycles. The maximum Gasteiger partial charge on any atom is 0.130 e. The van der Waals surface area contributed by atoms with Gasteiger partial charge in [-0.25, -0.2) is 4.98 Å². The van der Waals surface area contributed by atoms with E-state index in [4.69, 9.17) is 16.3 Å². The molecular weight excluding hydrogens is 342 g/mol. The van der Waals surface area contributed by atoms with Crippen molar-refractivity contribution in [3.05, 3.63) is 33.3 Å². The Morgan fingerprint density at radius 1 is 1.30 bits per heavy atom. The van der Waals surface area contributed by atoms with Gasteiger partial charge in [0.05, 0.1) is 30.4 Å². The van der Waals surface area contributed by atoms with E-state index in [0.29, 0.717) is 23.8 Å². The van der Waals surface area contributed by atoms with Gasteiger partial charge in [0, 0.05) is 28.0 Å². The fourth-order valence-corrected chi connectivity index (χ4v) is 3.18. The van der Waals surface area contributed by atoms with E-state index in [1.165, 1.54) is 0 Å². The first kappa shape index (κ1) is 13.6. The van der Waals surface area contributed by atoms with Crippen LogP contribution in [0.3, 0.4) is 0 Å². The third-order valence-corrected chi connectivity index (χ3v) is 4.10. The van der Waals surface area contributed by atoms with Crippen LogP contribution in [0.2, 0.25) is 5.02 Å². The Morgan fingerprint density at radius 2 is 2.05 bits per heavy atom. The summed E-state index contributed by atoms with van der Waals surface area (Å²) in [5, 5.41) is 10.7. The SMILES string of the molecule is N#Cc1cc(N2CCOCC2)nc2c(Br)cc(Cl)cc12. The molecule has 1 aromatic heterocycles. The molecule has 0 amide bonds. The maximum atomic E-state index is 9.36. The first-order valence-corrected chi connectivity index (χ1v) is 7.39. The number of fused-ring (bicyclic) bond motifs is 1. The van der Waals surface area contributed by atoms with Gasteiger partial charge in [0.1, 0.15) is 5.82 Å². The lowest BCUT2D eigenvalue weighted by Gasteiger charge is -2.28. The molecule has 102 valence electrons. The zero-order chi connectivity index (χ0) is 14.1. The number of benzene rings is 1. The monoisotopic (exact) mass is 351 g/mol. The number of halogens is 2. The Morgan fingerprint density at radius 3 is 2.75 bits per heavy atom. The molecule has 0 aliphatic carbocycles. The van der Waals surface area contributed by atoms with Gasteiger partial charge in [-0.2, -0.15) is 5.26 Å². The number of anilines is 1. The average Bonchev–Trinajstić information content (AvgIpc) is 2.47. The lowest BCUT2D eigenvalue weighted by atomic mass is 10.1. The largest absolute Gasteiger partial charge is 0.378 e. The van der Waals surface area contributed by atoms with Crippen LogP contribution in [0, 0.1) is 11.3 Å². The second-order valence-electron chi connectivity index (χ2n) is 4.52. The van der Waals surface area contributed by atoms with Gasteiger partial charge in [-0.15, -0.1) is 0 Å². The molecule has 4 nitrogen and oxygen atoms in total. The molecule has 0 N–H and O–H groups in total. The van der Waals surface area contributed by atoms with Gasteiger partial charge in [-0.05, 0) is 34.1 Å². The highest BCUT2D eigenvalue weighted by atomic mass is 79.9. The van der Waals surface area contributed by atoms with Crippen LogP contribution in [0.5, 0.6) is 0 Å². The summed E-state index contributed by atoms with van der Waals surface area (Å²) >= 11 is 9.52. The van der Waals surface area contributed by atoms with Gasteiger partial charge < -0.3 is 9.64 Å². The number of morpholine rings is 1. The van der Waals surface area contributed by atoms with Crippen LogP contribution in [0.4, 0.5) is 5.82 Å². The molecule has 0 bridgehead atoms. The fourth-order valence-electron chi connectivity index (χ4n) is 2.29. The molecule has 2 heterocycles. The summed E-state index contributed by atoms with van der Waals surface area (Å²) in [5.41, 5.74) is 1.34. The smallest absolute Gasteiger partial charge is 0.130 e. The summed E-state index contributed by atoms with van der Waals surface area (Å²) in [6.45, 7) is 2.94. The molecule has 1 aliphatic rings. The Kier molecular flexibility index (Phi) is 3.79. The summed E-state index contributed by atoms with van der Waals surface area (Å²) in [6.07, 6.45) is 0. The van der Waals surface area contributed by atoms with Gasteiger partial charge in [0.2, 0.25) is 0 Å². The summed E-state index contributed by atoms with van der Waals surface area (Å²) in [5.74, 6) is 0.806. The Hall–Kier alpha value is -1.35. The molecule has 2 aromatic rings. The van der Waals surface area contributed by atoms with E-state index in [1.807, 2.05) is 6.07 Å². The molecular formula is C14H11BrClN3O.